The summed E-state index contributed by atoms with van der Waals surface area (Å²) in [5, 5.41) is 11.3. The minimum atomic E-state index is -3.24. The van der Waals surface area contributed by atoms with Crippen LogP contribution in [0.25, 0.3) is 0 Å². The number of ether oxygens (including phenoxy) is 1. The molecule has 8 nitrogen and oxygen atoms in total. The van der Waals surface area contributed by atoms with Crippen molar-refractivity contribution in [2.75, 3.05) is 12.8 Å². The van der Waals surface area contributed by atoms with Gasteiger partial charge in [0.05, 0.1) is 6.26 Å². The predicted octanol–water partition coefficient (Wildman–Crippen LogP) is 0.684. The Kier molecular flexibility index (Phi) is 7.65. The fourth-order valence-corrected chi connectivity index (χ4v) is 1.95. The number of hydrogen-bond donors (Lipinski definition) is 3. The summed E-state index contributed by atoms with van der Waals surface area (Å²) in [7, 11) is -3.24. The average Bonchev–Trinajstić information content (AvgIpc) is 2.22. The molecule has 0 fully saturated rings. The zero-order chi connectivity index (χ0) is 16.7. The van der Waals surface area contributed by atoms with Gasteiger partial charge in [0.15, 0.2) is 0 Å². The van der Waals surface area contributed by atoms with Gasteiger partial charge in [0, 0.05) is 6.54 Å². The molecule has 1 amide bonds. The Morgan fingerprint density at radius 2 is 1.81 bits per heavy atom. The molecule has 0 aromatic rings. The van der Waals surface area contributed by atoms with Crippen LogP contribution < -0.4 is 10.0 Å². The molecule has 0 saturated heterocycles. The topological polar surface area (TPSA) is 122 Å². The van der Waals surface area contributed by atoms with E-state index in [0.717, 1.165) is 6.26 Å². The third kappa shape index (κ3) is 12.1. The maximum atomic E-state index is 11.5. The van der Waals surface area contributed by atoms with Crippen molar-refractivity contribution in [3.8, 4) is 0 Å². The molecule has 0 bridgehead atoms. The molecule has 124 valence electrons. The molecule has 9 heteroatoms. The third-order valence-electron chi connectivity index (χ3n) is 2.27. The van der Waals surface area contributed by atoms with Crippen LogP contribution in [0.5, 0.6) is 0 Å². The van der Waals surface area contributed by atoms with Crippen LogP contribution in [0.15, 0.2) is 0 Å². The predicted molar refractivity (Wildman–Crippen MR) is 77.5 cm³/mol. The molecule has 0 aliphatic heterocycles. The van der Waals surface area contributed by atoms with Crippen LogP contribution in [0, 0.1) is 0 Å². The molecule has 0 aromatic carbocycles. The van der Waals surface area contributed by atoms with Crippen LogP contribution in [-0.2, 0) is 19.6 Å². The quantitative estimate of drug-likeness (QED) is 0.565. The second-order valence-electron chi connectivity index (χ2n) is 5.70. The van der Waals surface area contributed by atoms with Gasteiger partial charge in [0.2, 0.25) is 10.0 Å². The molecule has 0 aliphatic rings. The fraction of sp³-hybridized carbons (Fsp3) is 0.833. The smallest absolute Gasteiger partial charge is 0.408 e. The van der Waals surface area contributed by atoms with Crippen molar-refractivity contribution >= 4 is 22.1 Å². The van der Waals surface area contributed by atoms with Crippen molar-refractivity contribution in [1.29, 1.82) is 0 Å². The van der Waals surface area contributed by atoms with Crippen molar-refractivity contribution in [2.45, 2.75) is 51.7 Å². The summed E-state index contributed by atoms with van der Waals surface area (Å²) in [5.74, 6) is -1.16. The molecular formula is C12H24N2O6S. The molecule has 0 radical (unpaired) electrons. The number of alkyl carbamates (subject to hydrolysis) is 1. The SMILES string of the molecule is CC(C)(C)OC(=O)N[C@@H](CCCCNS(C)(=O)=O)C(=O)O. The number of sulfonamides is 1. The van der Waals surface area contributed by atoms with Gasteiger partial charge in [0.25, 0.3) is 0 Å². The standard InChI is InChI=1S/C12H24N2O6S/c1-12(2,3)20-11(17)14-9(10(15)16)7-5-6-8-13-21(4,18)19/h9,13H,5-8H2,1-4H3,(H,14,17)(H,15,16)/t9-/m0/s1. The van der Waals surface area contributed by atoms with Crippen molar-refractivity contribution < 1.29 is 27.9 Å². The first-order chi connectivity index (χ1) is 9.41. The van der Waals surface area contributed by atoms with E-state index in [1.807, 2.05) is 0 Å². The van der Waals surface area contributed by atoms with Crippen molar-refractivity contribution in [2.24, 2.45) is 0 Å². The number of unbranched alkanes of at least 4 members (excludes halogenated alkanes) is 1. The summed E-state index contributed by atoms with van der Waals surface area (Å²) >= 11 is 0. The van der Waals surface area contributed by atoms with Crippen molar-refractivity contribution in [3.05, 3.63) is 0 Å². The highest BCUT2D eigenvalue weighted by atomic mass is 32.2. The molecule has 3 N–H and O–H groups in total. The lowest BCUT2D eigenvalue weighted by molar-refractivity contribution is -0.139. The lowest BCUT2D eigenvalue weighted by atomic mass is 10.1. The molecule has 0 aliphatic carbocycles. The molecular weight excluding hydrogens is 300 g/mol. The number of carboxylic acids is 1. The monoisotopic (exact) mass is 324 g/mol. The van der Waals surface area contributed by atoms with Gasteiger partial charge in [0.1, 0.15) is 11.6 Å². The van der Waals surface area contributed by atoms with E-state index in [1.165, 1.54) is 0 Å². The Morgan fingerprint density at radius 1 is 1.24 bits per heavy atom. The molecule has 0 rings (SSSR count). The number of hydrogen-bond acceptors (Lipinski definition) is 5. The third-order valence-corrected chi connectivity index (χ3v) is 3.00. The van der Waals surface area contributed by atoms with E-state index < -0.39 is 33.7 Å². The summed E-state index contributed by atoms with van der Waals surface area (Å²) in [6.45, 7) is 5.27. The number of aliphatic carboxylic acids is 1. The van der Waals surface area contributed by atoms with Gasteiger partial charge in [-0.25, -0.2) is 22.7 Å². The van der Waals surface area contributed by atoms with Crippen LogP contribution >= 0.6 is 0 Å². The zero-order valence-electron chi connectivity index (χ0n) is 12.8. The summed E-state index contributed by atoms with van der Waals surface area (Å²) in [6.07, 6.45) is 1.39. The van der Waals surface area contributed by atoms with Gasteiger partial charge < -0.3 is 15.2 Å². The van der Waals surface area contributed by atoms with Crippen LogP contribution in [0.2, 0.25) is 0 Å². The summed E-state index contributed by atoms with van der Waals surface area (Å²) in [6, 6.07) is -1.06. The number of nitrogens with one attached hydrogen (secondary N) is 2. The van der Waals surface area contributed by atoms with Gasteiger partial charge in [-0.1, -0.05) is 0 Å². The van der Waals surface area contributed by atoms with Crippen LogP contribution in [0.3, 0.4) is 0 Å². The minimum Gasteiger partial charge on any atom is -0.480 e. The van der Waals surface area contributed by atoms with Crippen LogP contribution in [0.4, 0.5) is 4.79 Å². The first kappa shape index (κ1) is 19.7. The number of rotatable bonds is 8. The zero-order valence-corrected chi connectivity index (χ0v) is 13.6. The van der Waals surface area contributed by atoms with E-state index >= 15 is 0 Å². The van der Waals surface area contributed by atoms with E-state index in [1.54, 1.807) is 20.8 Å². The minimum absolute atomic E-state index is 0.194. The fourth-order valence-electron chi connectivity index (χ4n) is 1.44. The number of carbonyl (C=O) groups excluding carboxylic acids is 1. The summed E-state index contributed by atoms with van der Waals surface area (Å²) < 4.78 is 29.0. The maximum Gasteiger partial charge on any atom is 0.408 e. The van der Waals surface area contributed by atoms with Gasteiger partial charge in [-0.15, -0.1) is 0 Å². The lowest BCUT2D eigenvalue weighted by Gasteiger charge is -2.22. The second kappa shape index (κ2) is 8.18. The molecule has 0 unspecified atom stereocenters. The van der Waals surface area contributed by atoms with Crippen molar-refractivity contribution in [3.63, 3.8) is 0 Å². The summed E-state index contributed by atoms with van der Waals surface area (Å²) in [4.78, 5) is 22.5. The molecule has 0 aromatic heterocycles. The molecule has 0 saturated carbocycles. The van der Waals surface area contributed by atoms with Crippen LogP contribution in [-0.4, -0.2) is 50.0 Å². The van der Waals surface area contributed by atoms with Crippen molar-refractivity contribution in [1.82, 2.24) is 10.0 Å². The normalized spacial score (nSPS) is 13.5. The largest absolute Gasteiger partial charge is 0.480 e. The number of carbonyl (C=O) groups is 2. The Morgan fingerprint density at radius 3 is 2.24 bits per heavy atom. The van der Waals surface area contributed by atoms with E-state index in [0.29, 0.717) is 12.8 Å². The number of amides is 1. The van der Waals surface area contributed by atoms with E-state index in [9.17, 15) is 18.0 Å². The Hall–Kier alpha value is -1.35. The molecule has 1 atom stereocenters. The first-order valence-electron chi connectivity index (χ1n) is 6.57. The Bertz CT molecular complexity index is 455. The number of carboxylic acid groups (broad SMARTS) is 1. The highest BCUT2D eigenvalue weighted by Crippen LogP contribution is 2.08. The van der Waals surface area contributed by atoms with E-state index in [2.05, 4.69) is 10.0 Å². The first-order valence-corrected chi connectivity index (χ1v) is 8.47. The second-order valence-corrected chi connectivity index (χ2v) is 7.53. The molecule has 0 spiro atoms. The Balaban J connectivity index is 4.15. The lowest BCUT2D eigenvalue weighted by Crippen LogP contribution is -2.43. The van der Waals surface area contributed by atoms with Gasteiger partial charge >= 0.3 is 12.1 Å². The Labute approximate surface area is 125 Å². The van der Waals surface area contributed by atoms with E-state index in [-0.39, 0.29) is 13.0 Å². The van der Waals surface area contributed by atoms with Gasteiger partial charge in [-0.2, -0.15) is 0 Å². The molecule has 21 heavy (non-hydrogen) atoms. The molecule has 0 heterocycles. The summed E-state index contributed by atoms with van der Waals surface area (Å²) in [5.41, 5.74) is -0.702. The average molecular weight is 324 g/mol. The highest BCUT2D eigenvalue weighted by Gasteiger charge is 2.23. The van der Waals surface area contributed by atoms with E-state index in [4.69, 9.17) is 9.84 Å². The van der Waals surface area contributed by atoms with Gasteiger partial charge in [-0.05, 0) is 40.0 Å². The van der Waals surface area contributed by atoms with Gasteiger partial charge in [-0.3, -0.25) is 0 Å². The highest BCUT2D eigenvalue weighted by molar-refractivity contribution is 7.88. The van der Waals surface area contributed by atoms with Crippen LogP contribution in [0.1, 0.15) is 40.0 Å². The maximum absolute atomic E-state index is 11.5.